The van der Waals surface area contributed by atoms with Gasteiger partial charge < -0.3 is 0 Å². The van der Waals surface area contributed by atoms with E-state index in [0.29, 0.717) is 0 Å². The van der Waals surface area contributed by atoms with Crippen LogP contribution in [-0.2, 0) is 0 Å². The van der Waals surface area contributed by atoms with E-state index in [2.05, 4.69) is 128 Å². The highest BCUT2D eigenvalue weighted by Gasteiger charge is 2.27. The molecule has 36 heavy (non-hydrogen) atoms. The van der Waals surface area contributed by atoms with Crippen LogP contribution in [-0.4, -0.2) is 0 Å². The smallest absolute Gasteiger partial charge is 0.00635 e. The highest BCUT2D eigenvalue weighted by Crippen LogP contribution is 2.52. The van der Waals surface area contributed by atoms with Gasteiger partial charge >= 0.3 is 0 Å². The minimum atomic E-state index is 1.10. The molecule has 0 atom stereocenters. The van der Waals surface area contributed by atoms with Crippen LogP contribution in [0.1, 0.15) is 89.5 Å². The van der Waals surface area contributed by atoms with Crippen LogP contribution >= 0.6 is 0 Å². The minimum absolute atomic E-state index is 1.10. The average Bonchev–Trinajstić information content (AvgIpc) is 2.84. The highest BCUT2D eigenvalue weighted by molar-refractivity contribution is 6.06. The van der Waals surface area contributed by atoms with E-state index in [9.17, 15) is 0 Å². The van der Waals surface area contributed by atoms with Crippen molar-refractivity contribution in [3.05, 3.63) is 105 Å². The van der Waals surface area contributed by atoms with Gasteiger partial charge in [0.1, 0.15) is 0 Å². The molecule has 0 fully saturated rings. The molecule has 0 nitrogen and oxygen atoms in total. The van der Waals surface area contributed by atoms with Crippen LogP contribution in [0.5, 0.6) is 0 Å². The van der Waals surface area contributed by atoms with Crippen LogP contribution in [0.4, 0.5) is 0 Å². The van der Waals surface area contributed by atoms with Crippen molar-refractivity contribution in [1.82, 2.24) is 0 Å². The Kier molecular flexibility index (Phi) is 9.71. The summed E-state index contributed by atoms with van der Waals surface area (Å²) in [5, 5.41) is 0. The van der Waals surface area contributed by atoms with Crippen molar-refractivity contribution in [2.24, 2.45) is 0 Å². The molecular formula is C36H44. The molecule has 0 N–H and O–H groups in total. The molecule has 1 aliphatic rings. The van der Waals surface area contributed by atoms with Crippen molar-refractivity contribution in [3.63, 3.8) is 0 Å². The summed E-state index contributed by atoms with van der Waals surface area (Å²) in [6.45, 7) is 17.7. The fourth-order valence-corrected chi connectivity index (χ4v) is 4.97. The molecule has 0 amide bonds. The second kappa shape index (κ2) is 12.7. The molecule has 0 aliphatic heterocycles. The zero-order valence-corrected chi connectivity index (χ0v) is 23.8. The van der Waals surface area contributed by atoms with Gasteiger partial charge in [0.05, 0.1) is 0 Å². The molecule has 0 heteroatoms. The first-order valence-electron chi connectivity index (χ1n) is 13.5. The van der Waals surface area contributed by atoms with Gasteiger partial charge in [0.25, 0.3) is 0 Å². The number of rotatable bonds is 10. The molecule has 0 aromatic heterocycles. The maximum absolute atomic E-state index is 2.39. The first-order chi connectivity index (χ1) is 17.3. The third kappa shape index (κ3) is 6.55. The zero-order valence-electron chi connectivity index (χ0n) is 23.8. The van der Waals surface area contributed by atoms with Crippen LogP contribution in [0.3, 0.4) is 0 Å². The fourth-order valence-electron chi connectivity index (χ4n) is 4.97. The maximum atomic E-state index is 2.39. The van der Waals surface area contributed by atoms with Crippen LogP contribution in [0.2, 0.25) is 0 Å². The van der Waals surface area contributed by atoms with E-state index in [1.54, 1.807) is 0 Å². The number of hydrogen-bond acceptors (Lipinski definition) is 0. The predicted octanol–water partition coefficient (Wildman–Crippen LogP) is 11.4. The Hall–Kier alpha value is -3.12. The third-order valence-corrected chi connectivity index (χ3v) is 7.33. The minimum Gasteiger partial charge on any atom is -0.0877 e. The van der Waals surface area contributed by atoms with E-state index in [1.807, 2.05) is 0 Å². The van der Waals surface area contributed by atoms with Crippen molar-refractivity contribution < 1.29 is 0 Å². The standard InChI is InChI=1S/C36H44/c1-9-11-13-25(3)15-17-27(5)23-31-19-21-33-35(29(31)7)34-22-20-32(30(8)36(33)34)24-28(6)18-16-26(4)14-12-10-2/h9-14,19-24H,15-18H2,1-8H3/b11-9-,12-10-,25-13+,26-14+,27-23+,28-24+. The summed E-state index contributed by atoms with van der Waals surface area (Å²) in [7, 11) is 0. The normalized spacial score (nSPS) is 14.4. The number of benzene rings is 2. The Bertz CT molecular complexity index is 1170. The summed E-state index contributed by atoms with van der Waals surface area (Å²) < 4.78 is 0. The fraction of sp³-hybridized carbons (Fsp3) is 0.333. The van der Waals surface area contributed by atoms with Crippen molar-refractivity contribution >= 4 is 12.2 Å². The van der Waals surface area contributed by atoms with E-state index >= 15 is 0 Å². The number of fused-ring (bicyclic) bond motifs is 4. The van der Waals surface area contributed by atoms with Crippen molar-refractivity contribution in [1.29, 1.82) is 0 Å². The number of hydrogen-bond donors (Lipinski definition) is 0. The monoisotopic (exact) mass is 476 g/mol. The first-order valence-corrected chi connectivity index (χ1v) is 13.5. The highest BCUT2D eigenvalue weighted by atomic mass is 14.3. The SMILES string of the molecule is C/C=C\C=C(/C)CC/C(C)=C/c1ccc2c(c1C)-c1ccc(/C=C(\C)CC/C(C)=C/C=C\C)c(C)c1-2. The topological polar surface area (TPSA) is 0 Å². The lowest BCUT2D eigenvalue weighted by Gasteiger charge is -2.30. The Labute approximate surface area is 220 Å². The van der Waals surface area contributed by atoms with Crippen LogP contribution in [0.25, 0.3) is 34.4 Å². The third-order valence-electron chi connectivity index (χ3n) is 7.33. The average molecular weight is 477 g/mol. The van der Waals surface area contributed by atoms with Crippen LogP contribution in [0.15, 0.2) is 83.0 Å². The Morgan fingerprint density at radius 2 is 0.917 bits per heavy atom. The number of allylic oxidation sites excluding steroid dienone is 10. The van der Waals surface area contributed by atoms with E-state index < -0.39 is 0 Å². The summed E-state index contributed by atoms with van der Waals surface area (Å²) in [5.41, 5.74) is 17.0. The Balaban J connectivity index is 1.78. The molecule has 0 unspecified atom stereocenters. The molecule has 0 bridgehead atoms. The molecule has 0 saturated heterocycles. The van der Waals surface area contributed by atoms with E-state index in [4.69, 9.17) is 0 Å². The van der Waals surface area contributed by atoms with E-state index in [1.165, 1.54) is 66.8 Å². The Morgan fingerprint density at radius 1 is 0.556 bits per heavy atom. The lowest BCUT2D eigenvalue weighted by atomic mass is 9.73. The molecule has 2 aromatic rings. The van der Waals surface area contributed by atoms with Crippen molar-refractivity contribution in [2.75, 3.05) is 0 Å². The molecule has 188 valence electrons. The van der Waals surface area contributed by atoms with Gasteiger partial charge in [-0.3, -0.25) is 0 Å². The van der Waals surface area contributed by atoms with Crippen molar-refractivity contribution in [3.8, 4) is 22.3 Å². The van der Waals surface area contributed by atoms with Gasteiger partial charge in [-0.25, -0.2) is 0 Å². The summed E-state index contributed by atoms with van der Waals surface area (Å²) in [6, 6.07) is 9.31. The van der Waals surface area contributed by atoms with Crippen LogP contribution in [0, 0.1) is 13.8 Å². The maximum Gasteiger partial charge on any atom is -0.00635 e. The quantitative estimate of drug-likeness (QED) is 0.255. The summed E-state index contributed by atoms with van der Waals surface area (Å²) in [6.07, 6.45) is 22.1. The summed E-state index contributed by atoms with van der Waals surface area (Å²) in [4.78, 5) is 0. The van der Waals surface area contributed by atoms with Crippen LogP contribution < -0.4 is 0 Å². The first kappa shape index (κ1) is 27.5. The molecule has 3 rings (SSSR count). The molecule has 0 saturated carbocycles. The molecule has 0 spiro atoms. The van der Waals surface area contributed by atoms with Gasteiger partial charge in [0, 0.05) is 0 Å². The second-order valence-corrected chi connectivity index (χ2v) is 10.5. The zero-order chi connectivity index (χ0) is 26.2. The van der Waals surface area contributed by atoms with Gasteiger partial charge in [0.2, 0.25) is 0 Å². The molecule has 1 aliphatic carbocycles. The second-order valence-electron chi connectivity index (χ2n) is 10.5. The predicted molar refractivity (Wildman–Crippen MR) is 163 cm³/mol. The molecule has 0 heterocycles. The Morgan fingerprint density at radius 3 is 1.28 bits per heavy atom. The van der Waals surface area contributed by atoms with Gasteiger partial charge in [0.15, 0.2) is 0 Å². The lowest BCUT2D eigenvalue weighted by molar-refractivity contribution is 0.930. The van der Waals surface area contributed by atoms with Crippen molar-refractivity contribution in [2.45, 2.75) is 81.1 Å². The van der Waals surface area contributed by atoms with E-state index in [0.717, 1.165) is 25.7 Å². The summed E-state index contributed by atoms with van der Waals surface area (Å²) >= 11 is 0. The molecular weight excluding hydrogens is 432 g/mol. The largest absolute Gasteiger partial charge is 0.0877 e. The van der Waals surface area contributed by atoms with Gasteiger partial charge in [-0.15, -0.1) is 0 Å². The summed E-state index contributed by atoms with van der Waals surface area (Å²) in [5.74, 6) is 0. The lowest BCUT2D eigenvalue weighted by Crippen LogP contribution is -2.06. The van der Waals surface area contributed by atoms with Gasteiger partial charge in [-0.05, 0) is 126 Å². The van der Waals surface area contributed by atoms with E-state index in [-0.39, 0.29) is 0 Å². The molecule has 2 aromatic carbocycles. The molecule has 0 radical (unpaired) electrons. The van der Waals surface area contributed by atoms with Gasteiger partial charge in [-0.2, -0.15) is 0 Å². The van der Waals surface area contributed by atoms with Gasteiger partial charge in [-0.1, -0.05) is 95.2 Å².